The number of esters is 1. The predicted molar refractivity (Wildman–Crippen MR) is 131 cm³/mol. The summed E-state index contributed by atoms with van der Waals surface area (Å²) in [6, 6.07) is 12.7. The van der Waals surface area contributed by atoms with Crippen molar-refractivity contribution in [2.24, 2.45) is 0 Å². The minimum absolute atomic E-state index is 0.134. The Labute approximate surface area is 200 Å². The van der Waals surface area contributed by atoms with Crippen LogP contribution in [-0.2, 0) is 19.1 Å². The summed E-state index contributed by atoms with van der Waals surface area (Å²) in [6.07, 6.45) is 4.47. The van der Waals surface area contributed by atoms with Crippen molar-refractivity contribution < 1.29 is 28.6 Å². The second-order valence-electron chi connectivity index (χ2n) is 7.54. The SMILES string of the molecule is C/C=C/c1ccc(OCC(=O)OCC(=O)N(CCC)CC(=O)Nc2ccccc2C)c(OC)c1. The average molecular weight is 469 g/mol. The normalized spacial score (nSPS) is 10.6. The third kappa shape index (κ3) is 8.27. The number of carbonyl (C=O) groups excluding carboxylic acids is 3. The number of benzene rings is 2. The molecule has 2 amide bonds. The van der Waals surface area contributed by atoms with Crippen LogP contribution in [-0.4, -0.2) is 56.1 Å². The molecule has 8 heteroatoms. The minimum Gasteiger partial charge on any atom is -0.493 e. The third-order valence-corrected chi connectivity index (χ3v) is 4.85. The Kier molecular flexibility index (Phi) is 10.6. The van der Waals surface area contributed by atoms with Gasteiger partial charge in [0, 0.05) is 12.2 Å². The van der Waals surface area contributed by atoms with Gasteiger partial charge in [-0.2, -0.15) is 0 Å². The molecule has 0 atom stereocenters. The number of anilines is 1. The van der Waals surface area contributed by atoms with E-state index in [1.165, 1.54) is 12.0 Å². The van der Waals surface area contributed by atoms with Crippen LogP contribution in [0.15, 0.2) is 48.5 Å². The van der Waals surface area contributed by atoms with Gasteiger partial charge in [-0.3, -0.25) is 9.59 Å². The molecule has 2 rings (SSSR count). The highest BCUT2D eigenvalue weighted by Crippen LogP contribution is 2.28. The topological polar surface area (TPSA) is 94.2 Å². The zero-order valence-corrected chi connectivity index (χ0v) is 20.1. The first-order valence-electron chi connectivity index (χ1n) is 11.1. The van der Waals surface area contributed by atoms with Gasteiger partial charge < -0.3 is 24.4 Å². The van der Waals surface area contributed by atoms with Crippen LogP contribution in [0.3, 0.4) is 0 Å². The van der Waals surface area contributed by atoms with E-state index in [1.54, 1.807) is 18.2 Å². The van der Waals surface area contributed by atoms with Crippen molar-refractivity contribution in [3.8, 4) is 11.5 Å². The molecule has 0 heterocycles. The quantitative estimate of drug-likeness (QED) is 0.476. The molecule has 0 radical (unpaired) electrons. The monoisotopic (exact) mass is 468 g/mol. The van der Waals surface area contributed by atoms with E-state index >= 15 is 0 Å². The maximum atomic E-state index is 12.6. The second kappa shape index (κ2) is 13.7. The molecule has 2 aromatic rings. The van der Waals surface area contributed by atoms with Crippen molar-refractivity contribution in [2.75, 3.05) is 38.7 Å². The molecule has 0 aromatic heterocycles. The Morgan fingerprint density at radius 2 is 1.82 bits per heavy atom. The number of nitrogens with zero attached hydrogens (tertiary/aromatic N) is 1. The van der Waals surface area contributed by atoms with Crippen LogP contribution < -0.4 is 14.8 Å². The highest BCUT2D eigenvalue weighted by Gasteiger charge is 2.19. The number of amides is 2. The van der Waals surface area contributed by atoms with Gasteiger partial charge in [0.1, 0.15) is 0 Å². The largest absolute Gasteiger partial charge is 0.493 e. The molecule has 0 bridgehead atoms. The lowest BCUT2D eigenvalue weighted by molar-refractivity contribution is -0.154. The molecule has 1 N–H and O–H groups in total. The molecule has 0 unspecified atom stereocenters. The first kappa shape index (κ1) is 26.4. The van der Waals surface area contributed by atoms with E-state index in [4.69, 9.17) is 14.2 Å². The molecule has 0 saturated heterocycles. The van der Waals surface area contributed by atoms with Gasteiger partial charge in [0.15, 0.2) is 24.7 Å². The Bertz CT molecular complexity index is 1020. The molecule has 0 fully saturated rings. The van der Waals surface area contributed by atoms with E-state index in [9.17, 15) is 14.4 Å². The van der Waals surface area contributed by atoms with Gasteiger partial charge in [-0.15, -0.1) is 0 Å². The summed E-state index contributed by atoms with van der Waals surface area (Å²) >= 11 is 0. The van der Waals surface area contributed by atoms with E-state index in [0.29, 0.717) is 30.2 Å². The number of hydrogen-bond donors (Lipinski definition) is 1. The lowest BCUT2D eigenvalue weighted by Crippen LogP contribution is -2.41. The number of para-hydroxylation sites is 1. The Balaban J connectivity index is 1.86. The Morgan fingerprint density at radius 3 is 2.50 bits per heavy atom. The van der Waals surface area contributed by atoms with Crippen molar-refractivity contribution in [1.29, 1.82) is 0 Å². The molecule has 2 aromatic carbocycles. The van der Waals surface area contributed by atoms with Gasteiger partial charge >= 0.3 is 5.97 Å². The number of methoxy groups -OCH3 is 1. The lowest BCUT2D eigenvalue weighted by atomic mass is 10.2. The first-order valence-corrected chi connectivity index (χ1v) is 11.1. The molecule has 0 aliphatic rings. The van der Waals surface area contributed by atoms with Gasteiger partial charge in [0.2, 0.25) is 5.91 Å². The highest BCUT2D eigenvalue weighted by atomic mass is 16.6. The maximum Gasteiger partial charge on any atom is 0.344 e. The Morgan fingerprint density at radius 1 is 1.06 bits per heavy atom. The fourth-order valence-electron chi connectivity index (χ4n) is 3.15. The minimum atomic E-state index is -0.700. The van der Waals surface area contributed by atoms with E-state index in [1.807, 2.05) is 57.2 Å². The third-order valence-electron chi connectivity index (χ3n) is 4.85. The molecule has 0 spiro atoms. The van der Waals surface area contributed by atoms with Gasteiger partial charge in [-0.1, -0.05) is 43.3 Å². The lowest BCUT2D eigenvalue weighted by Gasteiger charge is -2.21. The van der Waals surface area contributed by atoms with Crippen molar-refractivity contribution in [3.05, 3.63) is 59.7 Å². The molecule has 8 nitrogen and oxygen atoms in total. The molecule has 0 aliphatic heterocycles. The van der Waals surface area contributed by atoms with Crippen LogP contribution in [0, 0.1) is 6.92 Å². The van der Waals surface area contributed by atoms with Crippen molar-refractivity contribution in [2.45, 2.75) is 27.2 Å². The smallest absolute Gasteiger partial charge is 0.344 e. The van der Waals surface area contributed by atoms with E-state index in [0.717, 1.165) is 11.1 Å². The molecule has 182 valence electrons. The van der Waals surface area contributed by atoms with Crippen LogP contribution >= 0.6 is 0 Å². The average Bonchev–Trinajstić information content (AvgIpc) is 2.83. The standard InChI is InChI=1S/C26H32N2O6/c1-5-9-20-12-13-22(23(15-20)32-4)33-18-26(31)34-17-25(30)28(14-6-2)16-24(29)27-21-11-8-7-10-19(21)3/h5,7-13,15H,6,14,16-18H2,1-4H3,(H,27,29)/b9-5+. The predicted octanol–water partition coefficient (Wildman–Crippen LogP) is 3.84. The van der Waals surface area contributed by atoms with Crippen LogP contribution in [0.5, 0.6) is 11.5 Å². The summed E-state index contributed by atoms with van der Waals surface area (Å²) in [6.45, 7) is 5.07. The fraction of sp³-hybridized carbons (Fsp3) is 0.346. The van der Waals surface area contributed by atoms with Crippen molar-refractivity contribution in [1.82, 2.24) is 4.90 Å². The summed E-state index contributed by atoms with van der Waals surface area (Å²) in [5.74, 6) is -0.607. The Hall–Kier alpha value is -3.81. The maximum absolute atomic E-state index is 12.6. The zero-order chi connectivity index (χ0) is 24.9. The van der Waals surface area contributed by atoms with E-state index < -0.39 is 18.5 Å². The van der Waals surface area contributed by atoms with Crippen LogP contribution in [0.25, 0.3) is 6.08 Å². The number of rotatable bonds is 12. The molecule has 0 saturated carbocycles. The summed E-state index contributed by atoms with van der Waals surface area (Å²) in [5.41, 5.74) is 2.54. The summed E-state index contributed by atoms with van der Waals surface area (Å²) in [7, 11) is 1.51. The van der Waals surface area contributed by atoms with Crippen LogP contribution in [0.1, 0.15) is 31.4 Å². The second-order valence-corrected chi connectivity index (χ2v) is 7.54. The molecule has 34 heavy (non-hydrogen) atoms. The summed E-state index contributed by atoms with van der Waals surface area (Å²) in [4.78, 5) is 38.5. The van der Waals surface area contributed by atoms with Gasteiger partial charge in [-0.05, 0) is 49.6 Å². The molecular weight excluding hydrogens is 436 g/mol. The summed E-state index contributed by atoms with van der Waals surface area (Å²) < 4.78 is 15.9. The number of nitrogens with one attached hydrogen (secondary N) is 1. The number of allylic oxidation sites excluding steroid dienone is 1. The van der Waals surface area contributed by atoms with Gasteiger partial charge in [-0.25, -0.2) is 4.79 Å². The van der Waals surface area contributed by atoms with Crippen LogP contribution in [0.2, 0.25) is 0 Å². The number of carbonyl (C=O) groups is 3. The molecular formula is C26H32N2O6. The summed E-state index contributed by atoms with van der Waals surface area (Å²) in [5, 5.41) is 2.80. The molecule has 0 aliphatic carbocycles. The van der Waals surface area contributed by atoms with Gasteiger partial charge in [0.05, 0.1) is 13.7 Å². The number of hydrogen-bond acceptors (Lipinski definition) is 6. The highest BCUT2D eigenvalue weighted by molar-refractivity contribution is 5.95. The van der Waals surface area contributed by atoms with E-state index in [-0.39, 0.29) is 19.1 Å². The number of aryl methyl sites for hydroxylation is 1. The first-order chi connectivity index (χ1) is 16.4. The van der Waals surface area contributed by atoms with Crippen LogP contribution in [0.4, 0.5) is 5.69 Å². The van der Waals surface area contributed by atoms with Gasteiger partial charge in [0.25, 0.3) is 5.91 Å². The van der Waals surface area contributed by atoms with Crippen molar-refractivity contribution in [3.63, 3.8) is 0 Å². The fourth-order valence-corrected chi connectivity index (χ4v) is 3.15. The zero-order valence-electron chi connectivity index (χ0n) is 20.1. The number of ether oxygens (including phenoxy) is 3. The van der Waals surface area contributed by atoms with E-state index in [2.05, 4.69) is 5.32 Å². The van der Waals surface area contributed by atoms with Crippen molar-refractivity contribution >= 4 is 29.5 Å².